The number of anilines is 1. The quantitative estimate of drug-likeness (QED) is 0.520. The Morgan fingerprint density at radius 2 is 1.79 bits per heavy atom. The van der Waals surface area contributed by atoms with Gasteiger partial charge in [-0.2, -0.15) is 4.52 Å². The first-order valence-corrected chi connectivity index (χ1v) is 11.1. The van der Waals surface area contributed by atoms with E-state index in [9.17, 15) is 8.42 Å². The van der Waals surface area contributed by atoms with Gasteiger partial charge in [0, 0.05) is 11.9 Å². The van der Waals surface area contributed by atoms with E-state index in [-0.39, 0.29) is 15.6 Å². The third kappa shape index (κ3) is 3.55. The fourth-order valence-electron chi connectivity index (χ4n) is 3.16. The molecule has 0 atom stereocenters. The number of nitrogens with one attached hydrogen (secondary N) is 1. The molecule has 0 fully saturated rings. The number of aryl methyl sites for hydroxylation is 1. The fraction of sp³-hybridized carbons (Fsp3) is 0.286. The molecule has 4 rings (SSSR count). The SMILES string of the molecule is Cc1ccc(S(=O)(=O)c2nnn3c2nc(NCCC(C)C)c2ccccc23)cc1. The maximum absolute atomic E-state index is 13.2. The number of rotatable bonds is 6. The van der Waals surface area contributed by atoms with Crippen molar-refractivity contribution in [3.05, 3.63) is 54.1 Å². The van der Waals surface area contributed by atoms with Crippen LogP contribution < -0.4 is 5.32 Å². The first-order chi connectivity index (χ1) is 13.9. The molecule has 2 heterocycles. The van der Waals surface area contributed by atoms with Gasteiger partial charge in [-0.1, -0.05) is 48.9 Å². The number of nitrogens with zero attached hydrogens (tertiary/aromatic N) is 4. The maximum atomic E-state index is 13.2. The maximum Gasteiger partial charge on any atom is 0.229 e. The number of aromatic nitrogens is 4. The monoisotopic (exact) mass is 409 g/mol. The molecular weight excluding hydrogens is 386 g/mol. The second-order valence-electron chi connectivity index (χ2n) is 7.53. The zero-order valence-electron chi connectivity index (χ0n) is 16.6. The van der Waals surface area contributed by atoms with Crippen LogP contribution in [0, 0.1) is 12.8 Å². The minimum absolute atomic E-state index is 0.140. The van der Waals surface area contributed by atoms with Gasteiger partial charge in [0.05, 0.1) is 10.4 Å². The van der Waals surface area contributed by atoms with E-state index in [1.807, 2.05) is 31.2 Å². The highest BCUT2D eigenvalue weighted by Gasteiger charge is 2.27. The Labute approximate surface area is 169 Å². The zero-order valence-corrected chi connectivity index (χ0v) is 17.4. The van der Waals surface area contributed by atoms with Crippen LogP contribution in [0.1, 0.15) is 25.8 Å². The van der Waals surface area contributed by atoms with Crippen molar-refractivity contribution in [3.8, 4) is 0 Å². The number of hydrogen-bond donors (Lipinski definition) is 1. The minimum atomic E-state index is -3.84. The van der Waals surface area contributed by atoms with E-state index in [1.54, 1.807) is 24.3 Å². The van der Waals surface area contributed by atoms with Gasteiger partial charge in [0.25, 0.3) is 0 Å². The molecule has 8 heteroatoms. The van der Waals surface area contributed by atoms with Gasteiger partial charge in [0.1, 0.15) is 5.82 Å². The van der Waals surface area contributed by atoms with Crippen LogP contribution >= 0.6 is 0 Å². The van der Waals surface area contributed by atoms with Crippen LogP contribution in [0.5, 0.6) is 0 Å². The van der Waals surface area contributed by atoms with E-state index in [0.717, 1.165) is 29.4 Å². The van der Waals surface area contributed by atoms with Crippen LogP contribution in [0.3, 0.4) is 0 Å². The minimum Gasteiger partial charge on any atom is -0.369 e. The van der Waals surface area contributed by atoms with Crippen molar-refractivity contribution in [3.63, 3.8) is 0 Å². The van der Waals surface area contributed by atoms with Crippen LogP contribution in [-0.4, -0.2) is 34.8 Å². The normalized spacial score (nSPS) is 12.1. The van der Waals surface area contributed by atoms with Crippen molar-refractivity contribution in [2.75, 3.05) is 11.9 Å². The van der Waals surface area contributed by atoms with E-state index in [2.05, 4.69) is 34.5 Å². The van der Waals surface area contributed by atoms with Crippen LogP contribution in [-0.2, 0) is 9.84 Å². The van der Waals surface area contributed by atoms with Crippen molar-refractivity contribution >= 4 is 32.2 Å². The lowest BCUT2D eigenvalue weighted by atomic mass is 10.1. The Morgan fingerprint density at radius 3 is 2.52 bits per heavy atom. The molecule has 2 aromatic carbocycles. The van der Waals surface area contributed by atoms with Crippen LogP contribution in [0.25, 0.3) is 16.6 Å². The topological polar surface area (TPSA) is 89.2 Å². The average Bonchev–Trinajstić information content (AvgIpc) is 3.13. The summed E-state index contributed by atoms with van der Waals surface area (Å²) in [4.78, 5) is 4.79. The van der Waals surface area contributed by atoms with Crippen LogP contribution in [0.4, 0.5) is 5.82 Å². The second-order valence-corrected chi connectivity index (χ2v) is 9.40. The highest BCUT2D eigenvalue weighted by Crippen LogP contribution is 2.28. The van der Waals surface area contributed by atoms with Crippen molar-refractivity contribution in [2.45, 2.75) is 37.1 Å². The number of para-hydroxylation sites is 1. The zero-order chi connectivity index (χ0) is 20.6. The fourth-order valence-corrected chi connectivity index (χ4v) is 4.40. The van der Waals surface area contributed by atoms with Gasteiger partial charge in [0.15, 0.2) is 5.65 Å². The Balaban J connectivity index is 1.89. The van der Waals surface area contributed by atoms with E-state index in [0.29, 0.717) is 11.7 Å². The molecule has 150 valence electrons. The predicted molar refractivity (Wildman–Crippen MR) is 113 cm³/mol. The van der Waals surface area contributed by atoms with Gasteiger partial charge in [-0.25, -0.2) is 13.4 Å². The lowest BCUT2D eigenvalue weighted by Crippen LogP contribution is -2.09. The molecular formula is C21H23N5O2S. The Hall–Kier alpha value is -3.00. The summed E-state index contributed by atoms with van der Waals surface area (Å²) < 4.78 is 27.9. The van der Waals surface area contributed by atoms with E-state index < -0.39 is 9.84 Å². The molecule has 4 aromatic rings. The summed E-state index contributed by atoms with van der Waals surface area (Å²) in [5.41, 5.74) is 1.95. The highest BCUT2D eigenvalue weighted by molar-refractivity contribution is 7.91. The molecule has 2 aromatic heterocycles. The molecule has 0 spiro atoms. The van der Waals surface area contributed by atoms with Gasteiger partial charge in [-0.15, -0.1) is 5.10 Å². The molecule has 29 heavy (non-hydrogen) atoms. The highest BCUT2D eigenvalue weighted by atomic mass is 32.2. The van der Waals surface area contributed by atoms with Gasteiger partial charge in [0.2, 0.25) is 14.9 Å². The predicted octanol–water partition coefficient (Wildman–Crippen LogP) is 3.88. The lowest BCUT2D eigenvalue weighted by molar-refractivity contribution is 0.592. The third-order valence-electron chi connectivity index (χ3n) is 4.82. The Bertz CT molecular complexity index is 1280. The van der Waals surface area contributed by atoms with Gasteiger partial charge < -0.3 is 5.32 Å². The molecule has 7 nitrogen and oxygen atoms in total. The number of hydrogen-bond acceptors (Lipinski definition) is 6. The Kier molecular flexibility index (Phi) is 4.96. The van der Waals surface area contributed by atoms with Crippen LogP contribution in [0.2, 0.25) is 0 Å². The van der Waals surface area contributed by atoms with Gasteiger partial charge >= 0.3 is 0 Å². The summed E-state index contributed by atoms with van der Waals surface area (Å²) in [5, 5.41) is 12.2. The molecule has 1 N–H and O–H groups in total. The standard InChI is InChI=1S/C21H23N5O2S/c1-14(2)12-13-22-19-17-6-4-5-7-18(17)26-20(23-19)21(24-25-26)29(27,28)16-10-8-15(3)9-11-16/h4-11,14H,12-13H2,1-3H3,(H,22,23). The van der Waals surface area contributed by atoms with E-state index in [4.69, 9.17) is 0 Å². The van der Waals surface area contributed by atoms with Gasteiger partial charge in [-0.05, 0) is 43.5 Å². The summed E-state index contributed by atoms with van der Waals surface area (Å²) in [6, 6.07) is 14.3. The average molecular weight is 410 g/mol. The lowest BCUT2D eigenvalue weighted by Gasteiger charge is -2.11. The molecule has 0 aliphatic carbocycles. The smallest absolute Gasteiger partial charge is 0.229 e. The molecule has 0 saturated carbocycles. The molecule has 0 radical (unpaired) electrons. The summed E-state index contributed by atoms with van der Waals surface area (Å²) in [6.07, 6.45) is 0.979. The molecule has 0 unspecified atom stereocenters. The molecule has 0 saturated heterocycles. The summed E-state index contributed by atoms with van der Waals surface area (Å²) in [5.74, 6) is 1.18. The second kappa shape index (κ2) is 7.44. The van der Waals surface area contributed by atoms with Crippen molar-refractivity contribution in [2.24, 2.45) is 5.92 Å². The number of fused-ring (bicyclic) bond motifs is 3. The number of benzene rings is 2. The third-order valence-corrected chi connectivity index (χ3v) is 6.49. The van der Waals surface area contributed by atoms with E-state index >= 15 is 0 Å². The van der Waals surface area contributed by atoms with Crippen molar-refractivity contribution in [1.29, 1.82) is 0 Å². The van der Waals surface area contributed by atoms with Crippen LogP contribution in [0.15, 0.2) is 58.5 Å². The summed E-state index contributed by atoms with van der Waals surface area (Å²) >= 11 is 0. The molecule has 0 aliphatic heterocycles. The largest absolute Gasteiger partial charge is 0.369 e. The van der Waals surface area contributed by atoms with Crippen molar-refractivity contribution < 1.29 is 8.42 Å². The first-order valence-electron chi connectivity index (χ1n) is 9.57. The van der Waals surface area contributed by atoms with Gasteiger partial charge in [-0.3, -0.25) is 0 Å². The van der Waals surface area contributed by atoms with E-state index in [1.165, 1.54) is 4.52 Å². The molecule has 0 amide bonds. The Morgan fingerprint density at radius 1 is 1.07 bits per heavy atom. The summed E-state index contributed by atoms with van der Waals surface area (Å²) in [7, 11) is -3.84. The number of sulfone groups is 1. The summed E-state index contributed by atoms with van der Waals surface area (Å²) in [6.45, 7) is 6.96. The first kappa shape index (κ1) is 19.3. The molecule has 0 bridgehead atoms. The van der Waals surface area contributed by atoms with Crippen molar-refractivity contribution in [1.82, 2.24) is 19.8 Å². The molecule has 0 aliphatic rings.